The minimum atomic E-state index is -1.28. The number of hydrogen-bond acceptors (Lipinski definition) is 3. The van der Waals surface area contributed by atoms with Crippen LogP contribution in [0.15, 0.2) is 18.2 Å². The zero-order valence-corrected chi connectivity index (χ0v) is 9.24. The molecule has 1 rings (SSSR count). The lowest BCUT2D eigenvalue weighted by molar-refractivity contribution is -0.142. The molecule has 1 aromatic rings. The second kappa shape index (κ2) is 5.98. The Morgan fingerprint density at radius 1 is 1.47 bits per heavy atom. The van der Waals surface area contributed by atoms with Gasteiger partial charge in [-0.1, -0.05) is 12.2 Å². The van der Waals surface area contributed by atoms with E-state index < -0.39 is 23.4 Å². The van der Waals surface area contributed by atoms with Crippen LogP contribution in [0.5, 0.6) is 5.75 Å². The molecule has 0 amide bonds. The van der Waals surface area contributed by atoms with Crippen molar-refractivity contribution in [2.24, 2.45) is 0 Å². The number of phenolic OH excluding ortho intramolecular Hbond substituents is 1. The van der Waals surface area contributed by atoms with Crippen LogP contribution in [0, 0.1) is 11.6 Å². The van der Waals surface area contributed by atoms with Gasteiger partial charge in [-0.05, 0) is 24.6 Å². The maximum atomic E-state index is 12.9. The molecule has 0 saturated heterocycles. The number of carbonyl (C=O) groups excluding carboxylic acids is 1. The molecule has 0 aliphatic rings. The van der Waals surface area contributed by atoms with Gasteiger partial charge in [-0.2, -0.15) is 4.39 Å². The summed E-state index contributed by atoms with van der Waals surface area (Å²) in [7, 11) is 0. The first-order valence-electron chi connectivity index (χ1n) is 5.04. The zero-order valence-electron chi connectivity index (χ0n) is 9.24. The average Bonchev–Trinajstić information content (AvgIpc) is 2.26. The van der Waals surface area contributed by atoms with Crippen LogP contribution in [0.2, 0.25) is 0 Å². The van der Waals surface area contributed by atoms with Crippen LogP contribution in [0.1, 0.15) is 18.9 Å². The Bertz CT molecular complexity index is 418. The van der Waals surface area contributed by atoms with Gasteiger partial charge >= 0.3 is 5.97 Å². The molecule has 0 saturated carbocycles. The number of ether oxygens (including phenoxy) is 1. The minimum absolute atomic E-state index is 0.0353. The summed E-state index contributed by atoms with van der Waals surface area (Å²) in [5.74, 6) is -3.59. The molecule has 0 fully saturated rings. The fourth-order valence-corrected chi connectivity index (χ4v) is 1.20. The SMILES string of the molecule is CCOC(=O)CC=Cc1cc(O)c(F)c(F)c1. The Kier molecular flexibility index (Phi) is 4.63. The summed E-state index contributed by atoms with van der Waals surface area (Å²) >= 11 is 0. The van der Waals surface area contributed by atoms with Crippen molar-refractivity contribution in [1.29, 1.82) is 0 Å². The highest BCUT2D eigenvalue weighted by molar-refractivity contribution is 5.72. The number of phenols is 1. The van der Waals surface area contributed by atoms with E-state index in [1.165, 1.54) is 12.2 Å². The first kappa shape index (κ1) is 13.2. The van der Waals surface area contributed by atoms with E-state index in [-0.39, 0.29) is 12.0 Å². The molecule has 5 heteroatoms. The van der Waals surface area contributed by atoms with Gasteiger partial charge in [0, 0.05) is 0 Å². The molecule has 0 aliphatic heterocycles. The summed E-state index contributed by atoms with van der Waals surface area (Å²) in [6, 6.07) is 2.00. The molecule has 1 aromatic carbocycles. The van der Waals surface area contributed by atoms with E-state index in [9.17, 15) is 13.6 Å². The monoisotopic (exact) mass is 242 g/mol. The molecule has 0 aromatic heterocycles. The van der Waals surface area contributed by atoms with Gasteiger partial charge in [-0.25, -0.2) is 4.39 Å². The fourth-order valence-electron chi connectivity index (χ4n) is 1.20. The number of esters is 1. The molecule has 0 spiro atoms. The Balaban J connectivity index is 2.69. The summed E-state index contributed by atoms with van der Waals surface area (Å²) in [5, 5.41) is 9.03. The number of carbonyl (C=O) groups is 1. The Morgan fingerprint density at radius 3 is 2.76 bits per heavy atom. The zero-order chi connectivity index (χ0) is 12.8. The summed E-state index contributed by atoms with van der Waals surface area (Å²) in [6.45, 7) is 1.98. The van der Waals surface area contributed by atoms with Crippen LogP contribution in [-0.2, 0) is 9.53 Å². The van der Waals surface area contributed by atoms with Gasteiger partial charge in [-0.15, -0.1) is 0 Å². The van der Waals surface area contributed by atoms with E-state index in [0.29, 0.717) is 6.61 Å². The van der Waals surface area contributed by atoms with Gasteiger partial charge in [-0.3, -0.25) is 4.79 Å². The van der Waals surface area contributed by atoms with Crippen LogP contribution >= 0.6 is 0 Å². The van der Waals surface area contributed by atoms with Gasteiger partial charge in [0.25, 0.3) is 0 Å². The molecule has 17 heavy (non-hydrogen) atoms. The molecule has 0 radical (unpaired) electrons. The van der Waals surface area contributed by atoms with Gasteiger partial charge in [0.1, 0.15) is 0 Å². The van der Waals surface area contributed by atoms with Crippen molar-refractivity contribution in [3.63, 3.8) is 0 Å². The highest BCUT2D eigenvalue weighted by Gasteiger charge is 2.08. The second-order valence-corrected chi connectivity index (χ2v) is 3.25. The number of hydrogen-bond donors (Lipinski definition) is 1. The van der Waals surface area contributed by atoms with Crippen molar-refractivity contribution in [1.82, 2.24) is 0 Å². The van der Waals surface area contributed by atoms with E-state index in [1.54, 1.807) is 6.92 Å². The molecule has 3 nitrogen and oxygen atoms in total. The first-order valence-corrected chi connectivity index (χ1v) is 5.04. The van der Waals surface area contributed by atoms with Gasteiger partial charge in [0.05, 0.1) is 13.0 Å². The topological polar surface area (TPSA) is 46.5 Å². The van der Waals surface area contributed by atoms with Crippen LogP contribution in [0.25, 0.3) is 6.08 Å². The molecule has 0 aliphatic carbocycles. The van der Waals surface area contributed by atoms with E-state index >= 15 is 0 Å². The predicted molar refractivity (Wildman–Crippen MR) is 58.3 cm³/mol. The average molecular weight is 242 g/mol. The summed E-state index contributed by atoms with van der Waals surface area (Å²) in [4.78, 5) is 11.0. The van der Waals surface area contributed by atoms with Crippen LogP contribution in [0.4, 0.5) is 8.78 Å². The Labute approximate surface area is 97.3 Å². The molecule has 0 bridgehead atoms. The van der Waals surface area contributed by atoms with E-state index in [0.717, 1.165) is 12.1 Å². The molecular weight excluding hydrogens is 230 g/mol. The summed E-state index contributed by atoms with van der Waals surface area (Å²) in [6.07, 6.45) is 2.89. The molecule has 0 unspecified atom stereocenters. The minimum Gasteiger partial charge on any atom is -0.505 e. The molecule has 92 valence electrons. The van der Waals surface area contributed by atoms with Gasteiger partial charge in [0.15, 0.2) is 17.4 Å². The number of halogens is 2. The Morgan fingerprint density at radius 2 is 2.18 bits per heavy atom. The first-order chi connectivity index (χ1) is 8.04. The normalized spacial score (nSPS) is 10.8. The van der Waals surface area contributed by atoms with Crippen molar-refractivity contribution in [2.75, 3.05) is 6.61 Å². The summed E-state index contributed by atoms with van der Waals surface area (Å²) in [5.41, 5.74) is 0.269. The molecule has 0 atom stereocenters. The lowest BCUT2D eigenvalue weighted by atomic mass is 10.1. The third kappa shape index (κ3) is 3.86. The quantitative estimate of drug-likeness (QED) is 0.825. The number of aromatic hydroxyl groups is 1. The van der Waals surface area contributed by atoms with Crippen molar-refractivity contribution in [3.05, 3.63) is 35.4 Å². The highest BCUT2D eigenvalue weighted by Crippen LogP contribution is 2.21. The van der Waals surface area contributed by atoms with Crippen molar-refractivity contribution in [2.45, 2.75) is 13.3 Å². The van der Waals surface area contributed by atoms with Crippen LogP contribution < -0.4 is 0 Å². The molecule has 0 heterocycles. The van der Waals surface area contributed by atoms with Crippen LogP contribution in [-0.4, -0.2) is 17.7 Å². The Hall–Kier alpha value is -1.91. The van der Waals surface area contributed by atoms with E-state index in [4.69, 9.17) is 5.11 Å². The van der Waals surface area contributed by atoms with Crippen molar-refractivity contribution < 1.29 is 23.4 Å². The third-order valence-corrected chi connectivity index (χ3v) is 1.93. The molecular formula is C12H12F2O3. The fraction of sp³-hybridized carbons (Fsp3) is 0.250. The molecule has 1 N–H and O–H groups in total. The van der Waals surface area contributed by atoms with Crippen molar-refractivity contribution in [3.8, 4) is 5.75 Å². The lowest BCUT2D eigenvalue weighted by Crippen LogP contribution is -2.01. The van der Waals surface area contributed by atoms with Gasteiger partial charge in [0.2, 0.25) is 0 Å². The van der Waals surface area contributed by atoms with Crippen molar-refractivity contribution >= 4 is 12.0 Å². The number of benzene rings is 1. The third-order valence-electron chi connectivity index (χ3n) is 1.93. The lowest BCUT2D eigenvalue weighted by Gasteiger charge is -2.00. The van der Waals surface area contributed by atoms with Gasteiger partial charge < -0.3 is 9.84 Å². The van der Waals surface area contributed by atoms with E-state index in [2.05, 4.69) is 4.74 Å². The summed E-state index contributed by atoms with van der Waals surface area (Å²) < 4.78 is 30.3. The largest absolute Gasteiger partial charge is 0.505 e. The number of rotatable bonds is 4. The second-order valence-electron chi connectivity index (χ2n) is 3.25. The van der Waals surface area contributed by atoms with Crippen LogP contribution in [0.3, 0.4) is 0 Å². The standard InChI is InChI=1S/C12H12F2O3/c1-2-17-11(16)5-3-4-8-6-9(13)12(14)10(15)7-8/h3-4,6-7,15H,2,5H2,1H3. The van der Waals surface area contributed by atoms with E-state index in [1.807, 2.05) is 0 Å². The predicted octanol–water partition coefficient (Wildman–Crippen LogP) is 2.64. The smallest absolute Gasteiger partial charge is 0.309 e. The maximum Gasteiger partial charge on any atom is 0.309 e. The maximum absolute atomic E-state index is 12.9. The highest BCUT2D eigenvalue weighted by atomic mass is 19.2.